The Kier molecular flexibility index (Phi) is 3.72. The zero-order valence-corrected chi connectivity index (χ0v) is 10.5. The highest BCUT2D eigenvalue weighted by molar-refractivity contribution is 5.97. The smallest absolute Gasteiger partial charge is 0.257 e. The number of ether oxygens (including phenoxy) is 2. The first kappa shape index (κ1) is 12.7. The topological polar surface area (TPSA) is 59.0 Å². The van der Waals surface area contributed by atoms with Crippen LogP contribution >= 0.6 is 0 Å². The molecule has 1 aliphatic heterocycles. The number of hydrogen-bond donors (Lipinski definition) is 1. The van der Waals surface area contributed by atoms with Gasteiger partial charge in [-0.05, 0) is 24.6 Å². The van der Waals surface area contributed by atoms with E-state index < -0.39 is 6.10 Å². The number of aliphatic hydroxyl groups excluding tert-OH is 1. The third-order valence-electron chi connectivity index (χ3n) is 3.09. The summed E-state index contributed by atoms with van der Waals surface area (Å²) in [6, 6.07) is 5.11. The van der Waals surface area contributed by atoms with Crippen LogP contribution < -0.4 is 9.47 Å². The molecule has 0 aromatic heterocycles. The van der Waals surface area contributed by atoms with Gasteiger partial charge in [-0.15, -0.1) is 0 Å². The predicted molar refractivity (Wildman–Crippen MR) is 66.1 cm³/mol. The minimum Gasteiger partial charge on any atom is -0.497 e. The van der Waals surface area contributed by atoms with Crippen LogP contribution in [0.4, 0.5) is 0 Å². The molecule has 1 aliphatic rings. The summed E-state index contributed by atoms with van der Waals surface area (Å²) in [5, 5.41) is 9.47. The van der Waals surface area contributed by atoms with Crippen molar-refractivity contribution in [1.29, 1.82) is 0 Å². The second-order valence-electron chi connectivity index (χ2n) is 4.26. The van der Waals surface area contributed by atoms with Crippen molar-refractivity contribution >= 4 is 5.91 Å². The van der Waals surface area contributed by atoms with Crippen molar-refractivity contribution in [2.45, 2.75) is 12.5 Å². The monoisotopic (exact) mass is 251 g/mol. The molecule has 0 radical (unpaired) electrons. The molecule has 1 aromatic carbocycles. The Morgan fingerprint density at radius 3 is 2.72 bits per heavy atom. The minimum atomic E-state index is -0.425. The summed E-state index contributed by atoms with van der Waals surface area (Å²) >= 11 is 0. The van der Waals surface area contributed by atoms with Gasteiger partial charge in [0.1, 0.15) is 11.5 Å². The summed E-state index contributed by atoms with van der Waals surface area (Å²) in [5.74, 6) is 0.989. The molecule has 0 saturated carbocycles. The van der Waals surface area contributed by atoms with Crippen molar-refractivity contribution in [3.05, 3.63) is 23.8 Å². The predicted octanol–water partition coefficient (Wildman–Crippen LogP) is 0.911. The van der Waals surface area contributed by atoms with E-state index in [1.165, 1.54) is 7.11 Å². The molecule has 1 saturated heterocycles. The number of hydrogen-bond acceptors (Lipinski definition) is 4. The molecule has 1 atom stereocenters. The molecule has 0 bridgehead atoms. The van der Waals surface area contributed by atoms with Crippen molar-refractivity contribution in [3.8, 4) is 11.5 Å². The molecule has 0 unspecified atom stereocenters. The van der Waals surface area contributed by atoms with Gasteiger partial charge in [0.2, 0.25) is 0 Å². The second-order valence-corrected chi connectivity index (χ2v) is 4.26. The molecule has 1 heterocycles. The molecule has 0 spiro atoms. The molecule has 18 heavy (non-hydrogen) atoms. The number of rotatable bonds is 3. The zero-order valence-electron chi connectivity index (χ0n) is 10.5. The first-order chi connectivity index (χ1) is 8.65. The Morgan fingerprint density at radius 1 is 1.39 bits per heavy atom. The lowest BCUT2D eigenvalue weighted by Gasteiger charge is -2.17. The summed E-state index contributed by atoms with van der Waals surface area (Å²) in [5.41, 5.74) is 0.464. The van der Waals surface area contributed by atoms with Crippen LogP contribution in [0.1, 0.15) is 16.8 Å². The van der Waals surface area contributed by atoms with Crippen molar-refractivity contribution in [2.75, 3.05) is 27.3 Å². The molecular weight excluding hydrogens is 234 g/mol. The number of methoxy groups -OCH3 is 2. The van der Waals surface area contributed by atoms with Gasteiger partial charge in [-0.3, -0.25) is 4.79 Å². The van der Waals surface area contributed by atoms with E-state index in [4.69, 9.17) is 9.47 Å². The molecule has 98 valence electrons. The van der Waals surface area contributed by atoms with E-state index in [1.54, 1.807) is 30.2 Å². The van der Waals surface area contributed by atoms with Gasteiger partial charge in [0, 0.05) is 13.1 Å². The van der Waals surface area contributed by atoms with Crippen LogP contribution in [0, 0.1) is 0 Å². The third-order valence-corrected chi connectivity index (χ3v) is 3.09. The molecule has 2 rings (SSSR count). The second kappa shape index (κ2) is 5.27. The summed E-state index contributed by atoms with van der Waals surface area (Å²) in [6.45, 7) is 0.944. The number of carbonyl (C=O) groups excluding carboxylic acids is 1. The highest BCUT2D eigenvalue weighted by Crippen LogP contribution is 2.26. The summed E-state index contributed by atoms with van der Waals surface area (Å²) < 4.78 is 10.3. The zero-order chi connectivity index (χ0) is 13.1. The Balaban J connectivity index is 2.27. The van der Waals surface area contributed by atoms with Crippen LogP contribution in [0.2, 0.25) is 0 Å². The Hall–Kier alpha value is -1.75. The quantitative estimate of drug-likeness (QED) is 0.867. The fraction of sp³-hybridized carbons (Fsp3) is 0.462. The van der Waals surface area contributed by atoms with Gasteiger partial charge >= 0.3 is 0 Å². The van der Waals surface area contributed by atoms with Crippen LogP contribution in [0.25, 0.3) is 0 Å². The van der Waals surface area contributed by atoms with Crippen LogP contribution in [0.15, 0.2) is 18.2 Å². The summed E-state index contributed by atoms with van der Waals surface area (Å²) in [6.07, 6.45) is 0.198. The molecule has 5 nitrogen and oxygen atoms in total. The number of carbonyl (C=O) groups is 1. The molecule has 0 aliphatic carbocycles. The lowest BCUT2D eigenvalue weighted by molar-refractivity contribution is 0.0761. The van der Waals surface area contributed by atoms with Crippen LogP contribution in [0.5, 0.6) is 11.5 Å². The van der Waals surface area contributed by atoms with Crippen LogP contribution in [0.3, 0.4) is 0 Å². The Bertz CT molecular complexity index is 447. The van der Waals surface area contributed by atoms with Crippen LogP contribution in [-0.2, 0) is 0 Å². The van der Waals surface area contributed by atoms with E-state index in [0.29, 0.717) is 36.6 Å². The Labute approximate surface area is 106 Å². The number of benzene rings is 1. The van der Waals surface area contributed by atoms with E-state index in [0.717, 1.165) is 0 Å². The van der Waals surface area contributed by atoms with E-state index in [9.17, 15) is 9.90 Å². The molecule has 1 amide bonds. The average Bonchev–Trinajstić information content (AvgIpc) is 2.83. The lowest BCUT2D eigenvalue weighted by atomic mass is 10.1. The van der Waals surface area contributed by atoms with E-state index in [1.807, 2.05) is 0 Å². The van der Waals surface area contributed by atoms with Crippen molar-refractivity contribution in [3.63, 3.8) is 0 Å². The normalized spacial score (nSPS) is 18.8. The van der Waals surface area contributed by atoms with Gasteiger partial charge in [-0.2, -0.15) is 0 Å². The molecule has 1 aromatic rings. The van der Waals surface area contributed by atoms with Gasteiger partial charge in [0.25, 0.3) is 5.91 Å². The first-order valence-electron chi connectivity index (χ1n) is 5.85. The maximum atomic E-state index is 12.3. The number of aliphatic hydroxyl groups is 1. The average molecular weight is 251 g/mol. The number of amides is 1. The maximum absolute atomic E-state index is 12.3. The van der Waals surface area contributed by atoms with Crippen molar-refractivity contribution in [2.24, 2.45) is 0 Å². The summed E-state index contributed by atoms with van der Waals surface area (Å²) in [4.78, 5) is 13.9. The molecule has 1 fully saturated rings. The molecule has 1 N–H and O–H groups in total. The van der Waals surface area contributed by atoms with Gasteiger partial charge in [-0.1, -0.05) is 0 Å². The van der Waals surface area contributed by atoms with Gasteiger partial charge < -0.3 is 19.5 Å². The van der Waals surface area contributed by atoms with E-state index in [2.05, 4.69) is 0 Å². The fourth-order valence-electron chi connectivity index (χ4n) is 2.08. The van der Waals surface area contributed by atoms with Gasteiger partial charge in [0.05, 0.1) is 25.9 Å². The van der Waals surface area contributed by atoms with Gasteiger partial charge in [-0.25, -0.2) is 0 Å². The van der Waals surface area contributed by atoms with Crippen molar-refractivity contribution in [1.82, 2.24) is 4.90 Å². The van der Waals surface area contributed by atoms with E-state index in [-0.39, 0.29) is 5.91 Å². The molecular formula is C13H17NO4. The highest BCUT2D eigenvalue weighted by Gasteiger charge is 2.27. The largest absolute Gasteiger partial charge is 0.497 e. The standard InChI is InChI=1S/C13H17NO4/c1-17-10-3-4-12(18-2)11(7-10)13(16)14-6-5-9(15)8-14/h3-4,7,9,15H,5-6,8H2,1-2H3/t9-/m0/s1. The Morgan fingerprint density at radius 2 is 2.17 bits per heavy atom. The highest BCUT2D eigenvalue weighted by atomic mass is 16.5. The molecule has 5 heteroatoms. The van der Waals surface area contributed by atoms with Crippen molar-refractivity contribution < 1.29 is 19.4 Å². The number of likely N-dealkylation sites (tertiary alicyclic amines) is 1. The number of nitrogens with zero attached hydrogens (tertiary/aromatic N) is 1. The number of β-amino-alcohol motifs (C(OH)–C–C–N with tert-alkyl or cyclic N) is 1. The third kappa shape index (κ3) is 2.41. The van der Waals surface area contributed by atoms with E-state index >= 15 is 0 Å². The van der Waals surface area contributed by atoms with Crippen LogP contribution in [-0.4, -0.2) is 49.3 Å². The lowest BCUT2D eigenvalue weighted by Crippen LogP contribution is -2.29. The summed E-state index contributed by atoms with van der Waals surface area (Å²) in [7, 11) is 3.08. The minimum absolute atomic E-state index is 0.137. The maximum Gasteiger partial charge on any atom is 0.257 e. The van der Waals surface area contributed by atoms with Gasteiger partial charge in [0.15, 0.2) is 0 Å². The fourth-order valence-corrected chi connectivity index (χ4v) is 2.08. The first-order valence-corrected chi connectivity index (χ1v) is 5.85. The SMILES string of the molecule is COc1ccc(OC)c(C(=O)N2CC[C@H](O)C2)c1.